The molecule has 100 valence electrons. The van der Waals surface area contributed by atoms with Crippen molar-refractivity contribution in [3.63, 3.8) is 0 Å². The van der Waals surface area contributed by atoms with Crippen molar-refractivity contribution in [3.05, 3.63) is 10.9 Å². The van der Waals surface area contributed by atoms with Gasteiger partial charge in [-0.2, -0.15) is 0 Å². The standard InChI is InChI=1S/C13H21N3OS/c1-13(2,3)10-8-9(16-6-5-7-16)11(18-10)15-12(17)14-4/h8H,5-7H2,1-4H3,(H2,14,15,17). The van der Waals surface area contributed by atoms with Gasteiger partial charge in [-0.15, -0.1) is 11.3 Å². The zero-order chi connectivity index (χ0) is 13.3. The van der Waals surface area contributed by atoms with E-state index in [0.717, 1.165) is 18.1 Å². The van der Waals surface area contributed by atoms with Gasteiger partial charge in [-0.1, -0.05) is 20.8 Å². The van der Waals surface area contributed by atoms with E-state index in [0.29, 0.717) is 0 Å². The van der Waals surface area contributed by atoms with E-state index in [1.54, 1.807) is 18.4 Å². The Balaban J connectivity index is 2.29. The van der Waals surface area contributed by atoms with E-state index < -0.39 is 0 Å². The van der Waals surface area contributed by atoms with Gasteiger partial charge in [0.1, 0.15) is 5.00 Å². The van der Waals surface area contributed by atoms with E-state index >= 15 is 0 Å². The van der Waals surface area contributed by atoms with Crippen LogP contribution in [0, 0.1) is 0 Å². The molecule has 0 aliphatic carbocycles. The molecule has 0 spiro atoms. The molecule has 2 rings (SSSR count). The number of nitrogens with zero attached hydrogens (tertiary/aromatic N) is 1. The Bertz CT molecular complexity index is 444. The maximum atomic E-state index is 11.5. The molecule has 5 heteroatoms. The summed E-state index contributed by atoms with van der Waals surface area (Å²) < 4.78 is 0. The molecule has 0 atom stereocenters. The van der Waals surface area contributed by atoms with Crippen LogP contribution in [-0.4, -0.2) is 26.2 Å². The highest BCUT2D eigenvalue weighted by atomic mass is 32.1. The van der Waals surface area contributed by atoms with Crippen molar-refractivity contribution in [1.29, 1.82) is 0 Å². The Morgan fingerprint density at radius 2 is 2.06 bits per heavy atom. The summed E-state index contributed by atoms with van der Waals surface area (Å²) in [6, 6.07) is 2.06. The second kappa shape index (κ2) is 4.80. The number of nitrogens with one attached hydrogen (secondary N) is 2. The third-order valence-corrected chi connectivity index (χ3v) is 4.57. The molecule has 1 aliphatic heterocycles. The SMILES string of the molecule is CNC(=O)Nc1sc(C(C)(C)C)cc1N1CCC1. The molecule has 2 amide bonds. The molecule has 1 aliphatic rings. The molecule has 1 fully saturated rings. The Morgan fingerprint density at radius 3 is 2.50 bits per heavy atom. The summed E-state index contributed by atoms with van der Waals surface area (Å²) in [5.74, 6) is 0. The maximum Gasteiger partial charge on any atom is 0.319 e. The van der Waals surface area contributed by atoms with Crippen LogP contribution in [-0.2, 0) is 5.41 Å². The number of thiophene rings is 1. The predicted molar refractivity (Wildman–Crippen MR) is 77.9 cm³/mol. The van der Waals surface area contributed by atoms with E-state index in [1.807, 2.05) is 0 Å². The second-order valence-electron chi connectivity index (χ2n) is 5.62. The van der Waals surface area contributed by atoms with Crippen LogP contribution in [0.2, 0.25) is 0 Å². The first-order valence-corrected chi connectivity index (χ1v) is 7.11. The van der Waals surface area contributed by atoms with Gasteiger partial charge < -0.3 is 10.2 Å². The van der Waals surface area contributed by atoms with E-state index in [1.165, 1.54) is 17.0 Å². The predicted octanol–water partition coefficient (Wildman–Crippen LogP) is 3.01. The van der Waals surface area contributed by atoms with Crippen molar-refractivity contribution < 1.29 is 4.79 Å². The number of amides is 2. The molecule has 0 bridgehead atoms. The van der Waals surface area contributed by atoms with Gasteiger partial charge in [-0.25, -0.2) is 4.79 Å². The van der Waals surface area contributed by atoms with Crippen LogP contribution in [0.4, 0.5) is 15.5 Å². The second-order valence-corrected chi connectivity index (χ2v) is 6.67. The lowest BCUT2D eigenvalue weighted by atomic mass is 9.94. The highest BCUT2D eigenvalue weighted by Crippen LogP contribution is 2.42. The summed E-state index contributed by atoms with van der Waals surface area (Å²) in [4.78, 5) is 15.1. The molecular formula is C13H21N3OS. The average Bonchev–Trinajstić information content (AvgIpc) is 2.59. The summed E-state index contributed by atoms with van der Waals surface area (Å²) in [5.41, 5.74) is 1.28. The third kappa shape index (κ3) is 2.61. The van der Waals surface area contributed by atoms with Gasteiger partial charge in [-0.05, 0) is 17.9 Å². The minimum atomic E-state index is -0.154. The molecule has 4 nitrogen and oxygen atoms in total. The Kier molecular flexibility index (Phi) is 3.52. The van der Waals surface area contributed by atoms with Crippen molar-refractivity contribution in [2.75, 3.05) is 30.4 Å². The van der Waals surface area contributed by atoms with Crippen LogP contribution in [0.15, 0.2) is 6.07 Å². The highest BCUT2D eigenvalue weighted by Gasteiger charge is 2.25. The van der Waals surface area contributed by atoms with Crippen LogP contribution in [0.1, 0.15) is 32.1 Å². The van der Waals surface area contributed by atoms with E-state index in [4.69, 9.17) is 0 Å². The first kappa shape index (κ1) is 13.2. The minimum Gasteiger partial charge on any atom is -0.369 e. The lowest BCUT2D eigenvalue weighted by molar-refractivity contribution is 0.254. The first-order valence-electron chi connectivity index (χ1n) is 6.30. The van der Waals surface area contributed by atoms with Crippen LogP contribution >= 0.6 is 11.3 Å². The molecule has 0 saturated carbocycles. The van der Waals surface area contributed by atoms with Crippen molar-refractivity contribution in [2.45, 2.75) is 32.6 Å². The van der Waals surface area contributed by atoms with Gasteiger partial charge in [0.25, 0.3) is 0 Å². The van der Waals surface area contributed by atoms with Crippen molar-refractivity contribution in [1.82, 2.24) is 5.32 Å². The van der Waals surface area contributed by atoms with Crippen molar-refractivity contribution in [3.8, 4) is 0 Å². The molecule has 2 heterocycles. The first-order chi connectivity index (χ1) is 8.41. The maximum absolute atomic E-state index is 11.5. The largest absolute Gasteiger partial charge is 0.369 e. The molecule has 0 aromatic carbocycles. The monoisotopic (exact) mass is 267 g/mol. The quantitative estimate of drug-likeness (QED) is 0.865. The number of hydrogen-bond donors (Lipinski definition) is 2. The molecule has 1 saturated heterocycles. The fourth-order valence-corrected chi connectivity index (χ4v) is 2.93. The van der Waals surface area contributed by atoms with Gasteiger partial charge in [0.2, 0.25) is 0 Å². The topological polar surface area (TPSA) is 44.4 Å². The number of carbonyl (C=O) groups is 1. The summed E-state index contributed by atoms with van der Waals surface area (Å²) in [6.45, 7) is 8.76. The molecule has 1 aromatic rings. The summed E-state index contributed by atoms with van der Waals surface area (Å²) in [6.07, 6.45) is 1.24. The average molecular weight is 267 g/mol. The Hall–Kier alpha value is -1.23. The summed E-state index contributed by atoms with van der Waals surface area (Å²) in [7, 11) is 1.64. The molecule has 2 N–H and O–H groups in total. The lowest BCUT2D eigenvalue weighted by Crippen LogP contribution is -2.37. The van der Waals surface area contributed by atoms with Crippen LogP contribution in [0.5, 0.6) is 0 Å². The lowest BCUT2D eigenvalue weighted by Gasteiger charge is -2.33. The zero-order valence-corrected chi connectivity index (χ0v) is 12.3. The highest BCUT2D eigenvalue weighted by molar-refractivity contribution is 7.17. The number of rotatable bonds is 2. The van der Waals surface area contributed by atoms with Gasteiger partial charge >= 0.3 is 6.03 Å². The molecule has 0 unspecified atom stereocenters. The summed E-state index contributed by atoms with van der Waals surface area (Å²) >= 11 is 1.67. The van der Waals surface area contributed by atoms with Crippen LogP contribution < -0.4 is 15.5 Å². The summed E-state index contributed by atoms with van der Waals surface area (Å²) in [5, 5.41) is 6.49. The fraction of sp³-hybridized carbons (Fsp3) is 0.615. The van der Waals surface area contributed by atoms with Crippen LogP contribution in [0.3, 0.4) is 0 Å². The number of urea groups is 1. The van der Waals surface area contributed by atoms with Gasteiger partial charge in [0, 0.05) is 25.0 Å². The molecular weight excluding hydrogens is 246 g/mol. The fourth-order valence-electron chi connectivity index (χ4n) is 1.80. The van der Waals surface area contributed by atoms with E-state index in [9.17, 15) is 4.79 Å². The van der Waals surface area contributed by atoms with Crippen molar-refractivity contribution in [2.24, 2.45) is 0 Å². The smallest absolute Gasteiger partial charge is 0.319 e. The van der Waals surface area contributed by atoms with Gasteiger partial charge in [0.05, 0.1) is 5.69 Å². The van der Waals surface area contributed by atoms with Gasteiger partial charge in [0.15, 0.2) is 0 Å². The van der Waals surface area contributed by atoms with E-state index in [-0.39, 0.29) is 11.4 Å². The van der Waals surface area contributed by atoms with Gasteiger partial charge in [-0.3, -0.25) is 5.32 Å². The van der Waals surface area contributed by atoms with Crippen LogP contribution in [0.25, 0.3) is 0 Å². The normalized spacial score (nSPS) is 15.2. The number of anilines is 2. The number of carbonyl (C=O) groups excluding carboxylic acids is 1. The Labute approximate surface area is 112 Å². The van der Waals surface area contributed by atoms with E-state index in [2.05, 4.69) is 42.4 Å². The zero-order valence-electron chi connectivity index (χ0n) is 11.5. The number of hydrogen-bond acceptors (Lipinski definition) is 3. The minimum absolute atomic E-state index is 0.118. The molecule has 1 aromatic heterocycles. The Morgan fingerprint density at radius 1 is 1.39 bits per heavy atom. The van der Waals surface area contributed by atoms with Crippen molar-refractivity contribution >= 4 is 28.1 Å². The third-order valence-electron chi connectivity index (χ3n) is 3.10. The molecule has 0 radical (unpaired) electrons. The molecule has 18 heavy (non-hydrogen) atoms.